The van der Waals surface area contributed by atoms with Gasteiger partial charge in [-0.1, -0.05) is 29.3 Å². The Morgan fingerprint density at radius 1 is 1.37 bits per heavy atom. The number of benzene rings is 2. The summed E-state index contributed by atoms with van der Waals surface area (Å²) >= 11 is 16.8. The van der Waals surface area contributed by atoms with E-state index in [0.717, 1.165) is 5.56 Å². The van der Waals surface area contributed by atoms with Crippen LogP contribution >= 0.6 is 50.9 Å². The Morgan fingerprint density at radius 3 is 2.74 bits per heavy atom. The molecule has 0 atom stereocenters. The second-order valence-electron chi connectivity index (χ2n) is 5.27. The highest BCUT2D eigenvalue weighted by Crippen LogP contribution is 2.35. The molecule has 0 saturated heterocycles. The number of carbonyl (C=O) groups is 1. The third kappa shape index (κ3) is 6.60. The number of phenols is 1. The summed E-state index contributed by atoms with van der Waals surface area (Å²) in [4.78, 5) is 11.9. The number of aromatic hydroxyl groups is 1. The Morgan fingerprint density at radius 2 is 2.07 bits per heavy atom. The molecule has 2 aromatic rings. The zero-order chi connectivity index (χ0) is 19.8. The number of halogens is 3. The van der Waals surface area contributed by atoms with Gasteiger partial charge in [-0.3, -0.25) is 4.79 Å². The summed E-state index contributed by atoms with van der Waals surface area (Å²) in [6.45, 7) is 2.24. The van der Waals surface area contributed by atoms with Crippen LogP contribution in [-0.4, -0.2) is 29.6 Å². The molecule has 144 valence electrons. The number of rotatable bonds is 8. The number of hydrogen-bond donors (Lipinski definition) is 2. The number of ether oxygens (including phenoxy) is 1. The van der Waals surface area contributed by atoms with Crippen molar-refractivity contribution in [3.8, 4) is 11.5 Å². The third-order valence-electron chi connectivity index (χ3n) is 3.29. The topological polar surface area (TPSA) is 70.9 Å². The Balaban J connectivity index is 1.86. The molecule has 0 bridgehead atoms. The first-order chi connectivity index (χ1) is 12.9. The van der Waals surface area contributed by atoms with Gasteiger partial charge in [0.1, 0.15) is 0 Å². The van der Waals surface area contributed by atoms with E-state index in [2.05, 4.69) is 26.5 Å². The van der Waals surface area contributed by atoms with Gasteiger partial charge < -0.3 is 9.84 Å². The number of hydrogen-bond acceptors (Lipinski definition) is 5. The normalized spacial score (nSPS) is 11.0. The Labute approximate surface area is 180 Å². The quantitative estimate of drug-likeness (QED) is 0.391. The van der Waals surface area contributed by atoms with Crippen LogP contribution in [0.5, 0.6) is 11.5 Å². The van der Waals surface area contributed by atoms with Crippen LogP contribution < -0.4 is 10.2 Å². The highest BCUT2D eigenvalue weighted by molar-refractivity contribution is 9.10. The number of hydrazone groups is 1. The fourth-order valence-electron chi connectivity index (χ4n) is 2.06. The first-order valence-corrected chi connectivity index (χ1v) is 10.6. The number of thioether (sulfide) groups is 1. The van der Waals surface area contributed by atoms with E-state index in [4.69, 9.17) is 27.9 Å². The minimum absolute atomic E-state index is 0.0210. The van der Waals surface area contributed by atoms with Gasteiger partial charge in [-0.25, -0.2) is 5.43 Å². The fourth-order valence-corrected chi connectivity index (χ4v) is 4.08. The van der Waals surface area contributed by atoms with E-state index in [0.29, 0.717) is 38.2 Å². The second kappa shape index (κ2) is 10.8. The molecule has 0 aliphatic heterocycles. The number of nitrogens with zero attached hydrogens (tertiary/aromatic N) is 1. The summed E-state index contributed by atoms with van der Waals surface area (Å²) in [6, 6.07) is 8.61. The fraction of sp³-hybridized carbons (Fsp3) is 0.222. The zero-order valence-electron chi connectivity index (χ0n) is 14.3. The smallest absolute Gasteiger partial charge is 0.250 e. The molecule has 5 nitrogen and oxygen atoms in total. The van der Waals surface area contributed by atoms with E-state index in [1.807, 2.05) is 6.92 Å². The average Bonchev–Trinajstić information content (AvgIpc) is 2.62. The maximum Gasteiger partial charge on any atom is 0.250 e. The molecule has 0 fully saturated rings. The van der Waals surface area contributed by atoms with Crippen LogP contribution in [0, 0.1) is 0 Å². The summed E-state index contributed by atoms with van der Waals surface area (Å²) in [5, 5.41) is 15.0. The number of nitrogens with one attached hydrogen (secondary N) is 1. The molecule has 0 aliphatic rings. The molecular weight excluding hydrogens is 475 g/mol. The highest BCUT2D eigenvalue weighted by Gasteiger charge is 2.09. The van der Waals surface area contributed by atoms with Crippen LogP contribution in [0.3, 0.4) is 0 Å². The van der Waals surface area contributed by atoms with Gasteiger partial charge in [0, 0.05) is 15.8 Å². The van der Waals surface area contributed by atoms with Crippen LogP contribution in [0.2, 0.25) is 10.0 Å². The monoisotopic (exact) mass is 490 g/mol. The van der Waals surface area contributed by atoms with Crippen LogP contribution in [0.1, 0.15) is 18.1 Å². The second-order valence-corrected chi connectivity index (χ2v) is 7.92. The number of carbonyl (C=O) groups excluding carboxylic acids is 1. The molecule has 0 radical (unpaired) electrons. The van der Waals surface area contributed by atoms with Gasteiger partial charge >= 0.3 is 0 Å². The molecule has 0 spiro atoms. The lowest BCUT2D eigenvalue weighted by atomic mass is 10.2. The van der Waals surface area contributed by atoms with Crippen molar-refractivity contribution in [1.29, 1.82) is 0 Å². The van der Waals surface area contributed by atoms with Crippen LogP contribution in [0.25, 0.3) is 0 Å². The van der Waals surface area contributed by atoms with Gasteiger partial charge in [-0.05, 0) is 58.2 Å². The summed E-state index contributed by atoms with van der Waals surface area (Å²) < 4.78 is 5.83. The SMILES string of the molecule is CCOc1cc(/C=N\NC(=O)CSCc2c(Cl)cccc2Cl)cc(Br)c1O. The van der Waals surface area contributed by atoms with Crippen LogP contribution in [0.4, 0.5) is 0 Å². The predicted octanol–water partition coefficient (Wildman–Crippen LogP) is 5.24. The molecule has 2 aromatic carbocycles. The predicted molar refractivity (Wildman–Crippen MR) is 115 cm³/mol. The van der Waals surface area contributed by atoms with Crippen molar-refractivity contribution in [3.05, 3.63) is 56.0 Å². The number of phenolic OH excluding ortho intramolecular Hbond substituents is 1. The molecule has 0 aliphatic carbocycles. The third-order valence-corrected chi connectivity index (χ3v) is 5.57. The van der Waals surface area contributed by atoms with Gasteiger partial charge in [0.05, 0.1) is 23.0 Å². The van der Waals surface area contributed by atoms with Gasteiger partial charge in [0.15, 0.2) is 11.5 Å². The first kappa shape index (κ1) is 21.9. The Kier molecular flexibility index (Phi) is 8.76. The van der Waals surface area contributed by atoms with Gasteiger partial charge in [0.25, 0.3) is 0 Å². The van der Waals surface area contributed by atoms with Crippen molar-refractivity contribution in [2.45, 2.75) is 12.7 Å². The molecule has 9 heteroatoms. The van der Waals surface area contributed by atoms with E-state index >= 15 is 0 Å². The summed E-state index contributed by atoms with van der Waals surface area (Å²) in [6.07, 6.45) is 1.47. The Hall–Kier alpha value is -1.41. The van der Waals surface area contributed by atoms with Crippen molar-refractivity contribution >= 4 is 63.0 Å². The highest BCUT2D eigenvalue weighted by atomic mass is 79.9. The van der Waals surface area contributed by atoms with Crippen molar-refractivity contribution in [3.63, 3.8) is 0 Å². The maximum atomic E-state index is 11.9. The van der Waals surface area contributed by atoms with E-state index in [1.165, 1.54) is 18.0 Å². The van der Waals surface area contributed by atoms with Crippen LogP contribution in [0.15, 0.2) is 39.9 Å². The van der Waals surface area contributed by atoms with E-state index in [-0.39, 0.29) is 17.4 Å². The summed E-state index contributed by atoms with van der Waals surface area (Å²) in [5.41, 5.74) is 3.93. The molecule has 0 unspecified atom stereocenters. The molecular formula is C18H17BrCl2N2O3S. The van der Waals surface area contributed by atoms with E-state index in [9.17, 15) is 9.90 Å². The minimum atomic E-state index is -0.248. The maximum absolute atomic E-state index is 11.9. The molecule has 2 N–H and O–H groups in total. The molecule has 0 heterocycles. The molecule has 1 amide bonds. The number of amides is 1. The summed E-state index contributed by atoms with van der Waals surface area (Å²) in [5.74, 6) is 0.850. The van der Waals surface area contributed by atoms with Gasteiger partial charge in [0.2, 0.25) is 5.91 Å². The van der Waals surface area contributed by atoms with Gasteiger partial charge in [-0.15, -0.1) is 11.8 Å². The van der Waals surface area contributed by atoms with Crippen molar-refractivity contribution in [1.82, 2.24) is 5.43 Å². The van der Waals surface area contributed by atoms with E-state index in [1.54, 1.807) is 30.3 Å². The molecule has 2 rings (SSSR count). The lowest BCUT2D eigenvalue weighted by Gasteiger charge is -2.08. The zero-order valence-corrected chi connectivity index (χ0v) is 18.3. The lowest BCUT2D eigenvalue weighted by Crippen LogP contribution is -2.19. The van der Waals surface area contributed by atoms with Crippen molar-refractivity contribution in [2.24, 2.45) is 5.10 Å². The minimum Gasteiger partial charge on any atom is -0.503 e. The van der Waals surface area contributed by atoms with E-state index < -0.39 is 0 Å². The lowest BCUT2D eigenvalue weighted by molar-refractivity contribution is -0.118. The van der Waals surface area contributed by atoms with Crippen molar-refractivity contribution in [2.75, 3.05) is 12.4 Å². The van der Waals surface area contributed by atoms with Crippen molar-refractivity contribution < 1.29 is 14.6 Å². The largest absolute Gasteiger partial charge is 0.503 e. The molecule has 0 saturated carbocycles. The Bertz CT molecular complexity index is 829. The average molecular weight is 492 g/mol. The van der Waals surface area contributed by atoms with Gasteiger partial charge in [-0.2, -0.15) is 5.10 Å². The molecule has 27 heavy (non-hydrogen) atoms. The standard InChI is InChI=1S/C18H17BrCl2N2O3S/c1-2-26-16-7-11(6-13(19)18(16)25)8-22-23-17(24)10-27-9-12-14(20)4-3-5-15(12)21/h3-8,25H,2,9-10H2,1H3,(H,23,24)/b22-8-. The molecule has 0 aromatic heterocycles. The van der Waals surface area contributed by atoms with Crippen LogP contribution in [-0.2, 0) is 10.5 Å². The summed E-state index contributed by atoms with van der Waals surface area (Å²) in [7, 11) is 0. The first-order valence-electron chi connectivity index (χ1n) is 7.90.